The van der Waals surface area contributed by atoms with Crippen molar-refractivity contribution in [3.05, 3.63) is 77.5 Å². The Bertz CT molecular complexity index is 1290. The Morgan fingerprint density at radius 2 is 1.92 bits per heavy atom. The highest BCUT2D eigenvalue weighted by atomic mass is 32.1. The maximum atomic E-state index is 14.0. The van der Waals surface area contributed by atoms with Crippen molar-refractivity contribution in [2.45, 2.75) is 59.2 Å². The summed E-state index contributed by atoms with van der Waals surface area (Å²) in [6, 6.07) is 6.81. The summed E-state index contributed by atoms with van der Waals surface area (Å²) in [5.41, 5.74) is 5.64. The number of likely N-dealkylation sites (tertiary alicyclic amines) is 1. The van der Waals surface area contributed by atoms with E-state index in [0.29, 0.717) is 31.6 Å². The van der Waals surface area contributed by atoms with Crippen LogP contribution < -0.4 is 5.32 Å². The molecule has 1 fully saturated rings. The van der Waals surface area contributed by atoms with Gasteiger partial charge in [0.05, 0.1) is 16.1 Å². The summed E-state index contributed by atoms with van der Waals surface area (Å²) in [5.74, 6) is -0.586. The third-order valence-electron chi connectivity index (χ3n) is 7.26. The topological polar surface area (TPSA) is 82.6 Å². The Morgan fingerprint density at radius 1 is 1.21 bits per heavy atom. The highest BCUT2D eigenvalue weighted by Gasteiger charge is 2.47. The second-order valence-electron chi connectivity index (χ2n) is 10.9. The number of aryl methyl sites for hydroxylation is 1. The predicted molar refractivity (Wildman–Crippen MR) is 151 cm³/mol. The summed E-state index contributed by atoms with van der Waals surface area (Å²) in [5, 5.41) is 3.02. The van der Waals surface area contributed by atoms with Crippen LogP contribution in [0.3, 0.4) is 0 Å². The summed E-state index contributed by atoms with van der Waals surface area (Å²) in [4.78, 5) is 49.1. The summed E-state index contributed by atoms with van der Waals surface area (Å²) in [7, 11) is 0. The van der Waals surface area contributed by atoms with Crippen LogP contribution in [0.4, 0.5) is 0 Å². The van der Waals surface area contributed by atoms with Gasteiger partial charge >= 0.3 is 0 Å². The molecule has 38 heavy (non-hydrogen) atoms. The molecule has 3 amide bonds. The molecule has 1 aromatic heterocycles. The molecule has 2 aliphatic heterocycles. The Balaban J connectivity index is 1.45. The standard InChI is InChI=1S/C30H36N4O3S/c1-7-21-17-34(28(36)23(21)8-2)26(30(4,5)6)29(37)33-15-9-10-24(33)27(35)31-16-20-11-13-22(14-12-20)25-19(3)32-18-38-25/h7-8,11-14,18,24,26H,1-2,9-10,15-17H2,3-6H3,(H,31,35). The minimum Gasteiger partial charge on any atom is -0.350 e. The number of hydrogen-bond acceptors (Lipinski definition) is 5. The number of carbonyl (C=O) groups is 3. The fourth-order valence-corrected chi connectivity index (χ4v) is 6.14. The molecule has 0 bridgehead atoms. The van der Waals surface area contributed by atoms with E-state index in [1.807, 2.05) is 57.5 Å². The van der Waals surface area contributed by atoms with Gasteiger partial charge in [-0.1, -0.05) is 70.3 Å². The maximum Gasteiger partial charge on any atom is 0.255 e. The van der Waals surface area contributed by atoms with E-state index in [2.05, 4.69) is 23.5 Å². The van der Waals surface area contributed by atoms with Gasteiger partial charge in [0.1, 0.15) is 12.1 Å². The maximum absolute atomic E-state index is 14.0. The molecule has 200 valence electrons. The monoisotopic (exact) mass is 532 g/mol. The lowest BCUT2D eigenvalue weighted by molar-refractivity contribution is -0.150. The van der Waals surface area contributed by atoms with Gasteiger partial charge in [0.15, 0.2) is 0 Å². The Labute approximate surface area is 228 Å². The van der Waals surface area contributed by atoms with Gasteiger partial charge in [-0.3, -0.25) is 14.4 Å². The number of thiazole rings is 1. The Hall–Kier alpha value is -3.52. The molecule has 8 heteroatoms. The lowest BCUT2D eigenvalue weighted by Gasteiger charge is -2.40. The van der Waals surface area contributed by atoms with Crippen molar-refractivity contribution >= 4 is 29.1 Å². The zero-order chi connectivity index (χ0) is 27.6. The number of amides is 3. The van der Waals surface area contributed by atoms with E-state index in [1.54, 1.807) is 27.2 Å². The second-order valence-corrected chi connectivity index (χ2v) is 11.8. The van der Waals surface area contributed by atoms with Crippen LogP contribution in [0, 0.1) is 12.3 Å². The van der Waals surface area contributed by atoms with Crippen LogP contribution in [0.25, 0.3) is 10.4 Å². The van der Waals surface area contributed by atoms with Gasteiger partial charge in [0.2, 0.25) is 11.8 Å². The van der Waals surface area contributed by atoms with Crippen molar-refractivity contribution in [3.8, 4) is 10.4 Å². The van der Waals surface area contributed by atoms with Gasteiger partial charge in [-0.2, -0.15) is 0 Å². The molecular weight excluding hydrogens is 496 g/mol. The molecule has 3 heterocycles. The fraction of sp³-hybridized carbons (Fsp3) is 0.400. The van der Waals surface area contributed by atoms with Crippen LogP contribution in [0.5, 0.6) is 0 Å². The first-order valence-corrected chi connectivity index (χ1v) is 13.8. The van der Waals surface area contributed by atoms with E-state index < -0.39 is 17.5 Å². The average Bonchev–Trinajstić information content (AvgIpc) is 3.61. The molecule has 2 atom stereocenters. The zero-order valence-electron chi connectivity index (χ0n) is 22.6. The van der Waals surface area contributed by atoms with Gasteiger partial charge in [-0.25, -0.2) is 4.98 Å². The molecule has 1 saturated heterocycles. The number of rotatable bonds is 8. The van der Waals surface area contributed by atoms with Gasteiger partial charge in [0.25, 0.3) is 5.91 Å². The number of carbonyl (C=O) groups excluding carboxylic acids is 3. The van der Waals surface area contributed by atoms with E-state index in [-0.39, 0.29) is 17.7 Å². The van der Waals surface area contributed by atoms with E-state index in [4.69, 9.17) is 0 Å². The molecule has 2 aliphatic rings. The summed E-state index contributed by atoms with van der Waals surface area (Å²) < 4.78 is 0. The normalized spacial score (nSPS) is 18.6. The third-order valence-corrected chi connectivity index (χ3v) is 8.24. The van der Waals surface area contributed by atoms with Crippen LogP contribution in [-0.2, 0) is 20.9 Å². The van der Waals surface area contributed by atoms with Gasteiger partial charge in [-0.15, -0.1) is 11.3 Å². The van der Waals surface area contributed by atoms with Crippen LogP contribution in [-0.4, -0.2) is 57.7 Å². The van der Waals surface area contributed by atoms with Gasteiger partial charge in [-0.05, 0) is 41.9 Å². The number of benzene rings is 1. The molecular formula is C30H36N4O3S. The molecule has 2 aromatic rings. The van der Waals surface area contributed by atoms with Crippen LogP contribution in [0.2, 0.25) is 0 Å². The quantitative estimate of drug-likeness (QED) is 0.537. The molecule has 7 nitrogen and oxygen atoms in total. The molecule has 2 unspecified atom stereocenters. The predicted octanol–water partition coefficient (Wildman–Crippen LogP) is 4.65. The average molecular weight is 533 g/mol. The van der Waals surface area contributed by atoms with Gasteiger partial charge < -0.3 is 15.1 Å². The number of aromatic nitrogens is 1. The Kier molecular flexibility index (Phi) is 8.02. The molecule has 4 rings (SSSR count). The van der Waals surface area contributed by atoms with Crippen molar-refractivity contribution < 1.29 is 14.4 Å². The number of nitrogens with zero attached hydrogens (tertiary/aromatic N) is 3. The van der Waals surface area contributed by atoms with Crippen molar-refractivity contribution in [2.24, 2.45) is 5.41 Å². The Morgan fingerprint density at radius 3 is 2.47 bits per heavy atom. The SMILES string of the molecule is C=CC1=C(C=C)C(=O)N(C(C(=O)N2CCCC2C(=O)NCc2ccc(-c3scnc3C)cc2)C(C)(C)C)C1. The first-order chi connectivity index (χ1) is 18.1. The van der Waals surface area contributed by atoms with Gasteiger partial charge in [0, 0.05) is 25.2 Å². The molecule has 1 aromatic carbocycles. The summed E-state index contributed by atoms with van der Waals surface area (Å²) in [6.45, 7) is 16.6. The lowest BCUT2D eigenvalue weighted by Crippen LogP contribution is -2.58. The van der Waals surface area contributed by atoms with Crippen LogP contribution in [0.15, 0.2) is 66.2 Å². The van der Waals surface area contributed by atoms with E-state index in [0.717, 1.165) is 33.7 Å². The van der Waals surface area contributed by atoms with Crippen LogP contribution >= 0.6 is 11.3 Å². The number of nitrogens with one attached hydrogen (secondary N) is 1. The molecule has 0 spiro atoms. The lowest BCUT2D eigenvalue weighted by atomic mass is 9.84. The molecule has 0 radical (unpaired) electrons. The highest BCUT2D eigenvalue weighted by Crippen LogP contribution is 2.34. The van der Waals surface area contributed by atoms with E-state index in [9.17, 15) is 14.4 Å². The zero-order valence-corrected chi connectivity index (χ0v) is 23.4. The summed E-state index contributed by atoms with van der Waals surface area (Å²) >= 11 is 1.61. The third kappa shape index (κ3) is 5.36. The highest BCUT2D eigenvalue weighted by molar-refractivity contribution is 7.13. The minimum atomic E-state index is -0.710. The van der Waals surface area contributed by atoms with E-state index in [1.165, 1.54) is 6.08 Å². The van der Waals surface area contributed by atoms with Crippen molar-refractivity contribution in [2.75, 3.05) is 13.1 Å². The summed E-state index contributed by atoms with van der Waals surface area (Å²) in [6.07, 6.45) is 4.52. The number of hydrogen-bond donors (Lipinski definition) is 1. The largest absolute Gasteiger partial charge is 0.350 e. The molecule has 0 aliphatic carbocycles. The van der Waals surface area contributed by atoms with Crippen molar-refractivity contribution in [1.29, 1.82) is 0 Å². The van der Waals surface area contributed by atoms with Crippen molar-refractivity contribution in [3.63, 3.8) is 0 Å². The van der Waals surface area contributed by atoms with Crippen LogP contribution in [0.1, 0.15) is 44.9 Å². The second kappa shape index (κ2) is 11.1. The van der Waals surface area contributed by atoms with E-state index >= 15 is 0 Å². The molecule has 1 N–H and O–H groups in total. The minimum absolute atomic E-state index is 0.171. The molecule has 0 saturated carbocycles. The first-order valence-electron chi connectivity index (χ1n) is 12.9. The fourth-order valence-electron chi connectivity index (χ4n) is 5.33. The smallest absolute Gasteiger partial charge is 0.255 e. The first kappa shape index (κ1) is 27.5. The van der Waals surface area contributed by atoms with Crippen molar-refractivity contribution in [1.82, 2.24) is 20.1 Å².